The molecule has 0 aliphatic carbocycles. The smallest absolute Gasteiger partial charge is 0.264 e. The van der Waals surface area contributed by atoms with E-state index in [1.165, 1.54) is 18.5 Å². The zero-order valence-corrected chi connectivity index (χ0v) is 21.3. The van der Waals surface area contributed by atoms with E-state index in [0.29, 0.717) is 27.8 Å². The first-order valence-corrected chi connectivity index (χ1v) is 13.2. The molecule has 0 spiro atoms. The van der Waals surface area contributed by atoms with E-state index < -0.39 is 10.0 Å². The van der Waals surface area contributed by atoms with Crippen LogP contribution in [0.1, 0.15) is 16.1 Å². The van der Waals surface area contributed by atoms with Crippen LogP contribution >= 0.6 is 22.9 Å². The van der Waals surface area contributed by atoms with Crippen molar-refractivity contribution in [3.8, 4) is 11.1 Å². The molecular formula is C24H20ClN5O3S2. The number of sulfonamides is 1. The van der Waals surface area contributed by atoms with E-state index in [0.717, 1.165) is 26.2 Å². The highest BCUT2D eigenvalue weighted by molar-refractivity contribution is 7.92. The first kappa shape index (κ1) is 23.3. The Kier molecular flexibility index (Phi) is 5.96. The van der Waals surface area contributed by atoms with E-state index in [9.17, 15) is 8.42 Å². The largest absolute Gasteiger partial charge is 0.340 e. The second kappa shape index (κ2) is 8.95. The third-order valence-corrected chi connectivity index (χ3v) is 8.22. The van der Waals surface area contributed by atoms with Crippen LogP contribution in [0, 0.1) is 20.8 Å². The highest BCUT2D eigenvalue weighted by Crippen LogP contribution is 2.41. The summed E-state index contributed by atoms with van der Waals surface area (Å²) in [7, 11) is -3.84. The molecule has 0 aliphatic heterocycles. The summed E-state index contributed by atoms with van der Waals surface area (Å²) in [6.07, 6.45) is 1.51. The van der Waals surface area contributed by atoms with Gasteiger partial charge in [0.1, 0.15) is 17.0 Å². The van der Waals surface area contributed by atoms with E-state index in [1.807, 2.05) is 31.2 Å². The Morgan fingerprint density at radius 1 is 0.971 bits per heavy atom. The number of rotatable bonds is 6. The number of aryl methyl sites for hydroxylation is 2. The number of thiophene rings is 1. The van der Waals surface area contributed by atoms with Gasteiger partial charge in [-0.05, 0) is 62.7 Å². The molecule has 11 heteroatoms. The van der Waals surface area contributed by atoms with Gasteiger partial charge in [-0.25, -0.2) is 23.1 Å². The van der Waals surface area contributed by atoms with E-state index in [4.69, 9.17) is 16.1 Å². The van der Waals surface area contributed by atoms with Crippen LogP contribution in [0.5, 0.6) is 0 Å². The molecule has 5 aromatic rings. The molecule has 0 amide bonds. The molecule has 0 atom stereocenters. The Morgan fingerprint density at radius 3 is 2.34 bits per heavy atom. The highest BCUT2D eigenvalue weighted by atomic mass is 35.5. The van der Waals surface area contributed by atoms with Crippen molar-refractivity contribution < 1.29 is 12.9 Å². The summed E-state index contributed by atoms with van der Waals surface area (Å²) in [4.78, 5) is 11.0. The van der Waals surface area contributed by atoms with Gasteiger partial charge >= 0.3 is 0 Å². The Morgan fingerprint density at radius 2 is 1.69 bits per heavy atom. The summed E-state index contributed by atoms with van der Waals surface area (Å²) in [6, 6.07) is 14.0. The third-order valence-electron chi connectivity index (χ3n) is 5.61. The van der Waals surface area contributed by atoms with Crippen LogP contribution in [0.25, 0.3) is 21.3 Å². The first-order chi connectivity index (χ1) is 16.7. The molecule has 0 saturated carbocycles. The number of anilines is 3. The quantitative estimate of drug-likeness (QED) is 0.261. The summed E-state index contributed by atoms with van der Waals surface area (Å²) in [5.41, 5.74) is 4.00. The number of nitrogens with zero attached hydrogens (tertiary/aromatic N) is 3. The van der Waals surface area contributed by atoms with Crippen LogP contribution in [0.2, 0.25) is 5.02 Å². The maximum Gasteiger partial charge on any atom is 0.264 e. The molecule has 2 aromatic carbocycles. The summed E-state index contributed by atoms with van der Waals surface area (Å²) >= 11 is 7.66. The summed E-state index contributed by atoms with van der Waals surface area (Å²) < 4.78 is 33.1. The zero-order valence-electron chi connectivity index (χ0n) is 19.0. The van der Waals surface area contributed by atoms with Crippen LogP contribution in [0.4, 0.5) is 17.4 Å². The van der Waals surface area contributed by atoms with E-state index in [2.05, 4.69) is 25.2 Å². The lowest BCUT2D eigenvalue weighted by Crippen LogP contribution is -2.13. The Labute approximate surface area is 211 Å². The van der Waals surface area contributed by atoms with Crippen molar-refractivity contribution in [2.45, 2.75) is 25.7 Å². The number of hydrogen-bond donors (Lipinski definition) is 2. The minimum atomic E-state index is -3.84. The molecule has 2 N–H and O–H groups in total. The van der Waals surface area contributed by atoms with Crippen LogP contribution in [-0.4, -0.2) is 23.5 Å². The van der Waals surface area contributed by atoms with Gasteiger partial charge in [0.2, 0.25) is 5.88 Å². The lowest BCUT2D eigenvalue weighted by Gasteiger charge is -2.10. The van der Waals surface area contributed by atoms with Gasteiger partial charge in [0.05, 0.1) is 16.0 Å². The average Bonchev–Trinajstić information content (AvgIpc) is 3.33. The summed E-state index contributed by atoms with van der Waals surface area (Å²) in [5.74, 6) is 0.737. The van der Waals surface area contributed by atoms with Crippen molar-refractivity contribution in [2.75, 3.05) is 10.0 Å². The fraction of sp³-hybridized carbons (Fsp3) is 0.125. The minimum Gasteiger partial charge on any atom is -0.340 e. The van der Waals surface area contributed by atoms with Crippen LogP contribution in [0.3, 0.4) is 0 Å². The molecule has 35 heavy (non-hydrogen) atoms. The fourth-order valence-electron chi connectivity index (χ4n) is 3.65. The monoisotopic (exact) mass is 525 g/mol. The van der Waals surface area contributed by atoms with Gasteiger partial charge in [-0.15, -0.1) is 11.3 Å². The van der Waals surface area contributed by atoms with Crippen molar-refractivity contribution >= 4 is 60.6 Å². The molecule has 0 fully saturated rings. The molecule has 0 saturated heterocycles. The molecule has 0 aliphatic rings. The number of hydrogen-bond acceptors (Lipinski definition) is 8. The number of aromatic nitrogens is 3. The SMILES string of the molecule is Cc1noc(NS(=O)(=O)c2ccc(Nc3ncnc4sc(C)c(-c5ccc(Cl)cc5)c34)cc2)c1C. The molecule has 3 heterocycles. The van der Waals surface area contributed by atoms with Gasteiger partial charge in [0.15, 0.2) is 0 Å². The number of benzene rings is 2. The second-order valence-electron chi connectivity index (χ2n) is 7.92. The maximum atomic E-state index is 12.8. The maximum absolute atomic E-state index is 12.8. The molecule has 5 rings (SSSR count). The van der Waals surface area contributed by atoms with E-state index in [1.54, 1.807) is 37.3 Å². The van der Waals surface area contributed by atoms with Crippen molar-refractivity contribution in [3.63, 3.8) is 0 Å². The molecule has 0 radical (unpaired) electrons. The normalized spacial score (nSPS) is 11.7. The van der Waals surface area contributed by atoms with Crippen molar-refractivity contribution in [1.82, 2.24) is 15.1 Å². The Balaban J connectivity index is 1.46. The van der Waals surface area contributed by atoms with Gasteiger partial charge in [-0.1, -0.05) is 28.9 Å². The lowest BCUT2D eigenvalue weighted by atomic mass is 10.0. The average molecular weight is 526 g/mol. The summed E-state index contributed by atoms with van der Waals surface area (Å²) in [5, 5.41) is 8.65. The van der Waals surface area contributed by atoms with Gasteiger partial charge in [-0.3, -0.25) is 0 Å². The predicted molar refractivity (Wildman–Crippen MR) is 139 cm³/mol. The number of halogens is 1. The Hall–Kier alpha value is -3.47. The topological polar surface area (TPSA) is 110 Å². The molecule has 178 valence electrons. The van der Waals surface area contributed by atoms with E-state index >= 15 is 0 Å². The third kappa shape index (κ3) is 4.47. The van der Waals surface area contributed by atoms with Gasteiger partial charge < -0.3 is 9.84 Å². The molecular weight excluding hydrogens is 506 g/mol. The fourth-order valence-corrected chi connectivity index (χ4v) is 5.83. The van der Waals surface area contributed by atoms with Gasteiger partial charge in [0.25, 0.3) is 10.0 Å². The second-order valence-corrected chi connectivity index (χ2v) is 11.2. The molecule has 3 aromatic heterocycles. The predicted octanol–water partition coefficient (Wildman–Crippen LogP) is 6.47. The number of fused-ring (bicyclic) bond motifs is 1. The molecule has 8 nitrogen and oxygen atoms in total. The zero-order chi connectivity index (χ0) is 24.7. The first-order valence-electron chi connectivity index (χ1n) is 10.6. The summed E-state index contributed by atoms with van der Waals surface area (Å²) in [6.45, 7) is 5.53. The number of nitrogens with one attached hydrogen (secondary N) is 2. The minimum absolute atomic E-state index is 0.0950. The van der Waals surface area contributed by atoms with Crippen LogP contribution < -0.4 is 10.0 Å². The van der Waals surface area contributed by atoms with Gasteiger partial charge in [0, 0.05) is 26.7 Å². The molecule has 0 unspecified atom stereocenters. The van der Waals surface area contributed by atoms with Crippen LogP contribution in [0.15, 0.2) is 64.3 Å². The lowest BCUT2D eigenvalue weighted by molar-refractivity contribution is 0.430. The van der Waals surface area contributed by atoms with Crippen molar-refractivity contribution in [2.24, 2.45) is 0 Å². The van der Waals surface area contributed by atoms with E-state index in [-0.39, 0.29) is 10.8 Å². The van der Waals surface area contributed by atoms with Gasteiger partial charge in [-0.2, -0.15) is 0 Å². The van der Waals surface area contributed by atoms with Crippen molar-refractivity contribution in [3.05, 3.63) is 76.0 Å². The van der Waals surface area contributed by atoms with Crippen LogP contribution in [-0.2, 0) is 10.0 Å². The van der Waals surface area contributed by atoms with Crippen molar-refractivity contribution in [1.29, 1.82) is 0 Å². The Bertz CT molecular complexity index is 1640. The standard InChI is InChI=1S/C24H20ClN5O3S2/c1-13-14(2)29-33-23(13)30-35(31,32)19-10-8-18(9-11-19)28-22-21-20(16-4-6-17(25)7-5-16)15(3)34-24(21)27-12-26-22/h4-12,30H,1-3H3,(H,26,27,28). The molecule has 0 bridgehead atoms. The highest BCUT2D eigenvalue weighted by Gasteiger charge is 2.20.